The number of carbonyl (C=O) groups excluding carboxylic acids is 1. The number of rotatable bonds is 4. The number of ether oxygens (including phenoxy) is 2. The van der Waals surface area contributed by atoms with E-state index < -0.39 is 5.79 Å². The zero-order valence-electron chi connectivity index (χ0n) is 16.0. The molecule has 1 aliphatic carbocycles. The number of benzene rings is 2. The van der Waals surface area contributed by atoms with Gasteiger partial charge in [0.15, 0.2) is 11.5 Å². The van der Waals surface area contributed by atoms with Crippen molar-refractivity contribution in [2.75, 3.05) is 12.4 Å². The van der Waals surface area contributed by atoms with Crippen LogP contribution < -0.4 is 14.8 Å². The summed E-state index contributed by atoms with van der Waals surface area (Å²) in [5.74, 6) is 0.999. The molecule has 0 unspecified atom stereocenters. The van der Waals surface area contributed by atoms with Crippen LogP contribution in [0.2, 0.25) is 0 Å². The molecule has 2 aliphatic rings. The Labute approximate surface area is 160 Å². The van der Waals surface area contributed by atoms with E-state index in [4.69, 9.17) is 9.47 Å². The third-order valence-corrected chi connectivity index (χ3v) is 5.35. The summed E-state index contributed by atoms with van der Waals surface area (Å²) in [4.78, 5) is 14.2. The molecule has 1 fully saturated rings. The standard InChI is InChI=1S/C22H26N2O3/c1-3-16-6-8-17(9-7-16)15-24(2)21(25)23-18-10-11-19-20(14-18)27-22(26-19)12-4-5-13-22/h6-11,14H,3-5,12-13,15H2,1-2H3,(H,23,25). The maximum Gasteiger partial charge on any atom is 0.321 e. The summed E-state index contributed by atoms with van der Waals surface area (Å²) in [6.07, 6.45) is 5.11. The molecule has 1 aliphatic heterocycles. The van der Waals surface area contributed by atoms with E-state index in [1.165, 1.54) is 5.56 Å². The molecule has 0 aromatic heterocycles. The zero-order valence-corrected chi connectivity index (χ0v) is 16.0. The molecule has 2 aromatic carbocycles. The van der Waals surface area contributed by atoms with Gasteiger partial charge in [0.1, 0.15) is 0 Å². The van der Waals surface area contributed by atoms with Gasteiger partial charge in [-0.3, -0.25) is 0 Å². The molecule has 0 bridgehead atoms. The van der Waals surface area contributed by atoms with Crippen molar-refractivity contribution in [1.29, 1.82) is 0 Å². The second kappa shape index (κ2) is 7.14. The first-order chi connectivity index (χ1) is 13.1. The van der Waals surface area contributed by atoms with Gasteiger partial charge in [-0.1, -0.05) is 31.2 Å². The molecular formula is C22H26N2O3. The lowest BCUT2D eigenvalue weighted by molar-refractivity contribution is -0.0716. The Balaban J connectivity index is 1.38. The Hall–Kier alpha value is -2.69. The molecule has 5 heteroatoms. The van der Waals surface area contributed by atoms with Crippen molar-refractivity contribution in [1.82, 2.24) is 4.90 Å². The molecule has 0 radical (unpaired) electrons. The summed E-state index contributed by atoms with van der Waals surface area (Å²) in [7, 11) is 1.80. The van der Waals surface area contributed by atoms with Gasteiger partial charge < -0.3 is 19.7 Å². The van der Waals surface area contributed by atoms with Gasteiger partial charge in [-0.25, -0.2) is 4.79 Å². The summed E-state index contributed by atoms with van der Waals surface area (Å²) in [6, 6.07) is 13.8. The number of hydrogen-bond acceptors (Lipinski definition) is 3. The van der Waals surface area contributed by atoms with Gasteiger partial charge in [0.2, 0.25) is 0 Å². The summed E-state index contributed by atoms with van der Waals surface area (Å²) < 4.78 is 12.1. The molecule has 27 heavy (non-hydrogen) atoms. The maximum absolute atomic E-state index is 12.5. The Bertz CT molecular complexity index is 826. The topological polar surface area (TPSA) is 50.8 Å². The van der Waals surface area contributed by atoms with Crippen LogP contribution in [0.5, 0.6) is 11.5 Å². The number of hydrogen-bond donors (Lipinski definition) is 1. The first-order valence-electron chi connectivity index (χ1n) is 9.69. The molecular weight excluding hydrogens is 340 g/mol. The zero-order chi connectivity index (χ0) is 18.9. The van der Waals surface area contributed by atoms with Crippen molar-refractivity contribution in [2.24, 2.45) is 0 Å². The van der Waals surface area contributed by atoms with Crippen molar-refractivity contribution in [2.45, 2.75) is 51.4 Å². The SMILES string of the molecule is CCc1ccc(CN(C)C(=O)Nc2ccc3c(c2)OC2(CCCC2)O3)cc1. The van der Waals surface area contributed by atoms with E-state index in [2.05, 4.69) is 36.5 Å². The van der Waals surface area contributed by atoms with Crippen LogP contribution in [0.4, 0.5) is 10.5 Å². The lowest BCUT2D eigenvalue weighted by Crippen LogP contribution is -2.34. The van der Waals surface area contributed by atoms with Crippen LogP contribution >= 0.6 is 0 Å². The molecule has 1 N–H and O–H groups in total. The van der Waals surface area contributed by atoms with Crippen molar-refractivity contribution in [3.63, 3.8) is 0 Å². The van der Waals surface area contributed by atoms with Gasteiger partial charge in [-0.2, -0.15) is 0 Å². The molecule has 1 saturated carbocycles. The van der Waals surface area contributed by atoms with Crippen LogP contribution in [0.1, 0.15) is 43.7 Å². The van der Waals surface area contributed by atoms with Crippen molar-refractivity contribution >= 4 is 11.7 Å². The summed E-state index contributed by atoms with van der Waals surface area (Å²) >= 11 is 0. The highest BCUT2D eigenvalue weighted by Gasteiger charge is 2.44. The first-order valence-corrected chi connectivity index (χ1v) is 9.69. The second-order valence-corrected chi connectivity index (χ2v) is 7.44. The first kappa shape index (κ1) is 17.7. The molecule has 2 aromatic rings. The number of aryl methyl sites for hydroxylation is 1. The monoisotopic (exact) mass is 366 g/mol. The third kappa shape index (κ3) is 3.72. The number of urea groups is 1. The van der Waals surface area contributed by atoms with Gasteiger partial charge >= 0.3 is 6.03 Å². The van der Waals surface area contributed by atoms with Gasteiger partial charge in [-0.05, 0) is 42.5 Å². The average molecular weight is 366 g/mol. The summed E-state index contributed by atoms with van der Waals surface area (Å²) in [5.41, 5.74) is 3.12. The number of carbonyl (C=O) groups is 1. The van der Waals surface area contributed by atoms with E-state index >= 15 is 0 Å². The van der Waals surface area contributed by atoms with Crippen LogP contribution in [0, 0.1) is 0 Å². The van der Waals surface area contributed by atoms with E-state index in [9.17, 15) is 4.79 Å². The van der Waals surface area contributed by atoms with E-state index in [-0.39, 0.29) is 6.03 Å². The highest BCUT2D eigenvalue weighted by Crippen LogP contribution is 2.47. The lowest BCUT2D eigenvalue weighted by atomic mass is 10.1. The minimum absolute atomic E-state index is 0.149. The number of fused-ring (bicyclic) bond motifs is 1. The second-order valence-electron chi connectivity index (χ2n) is 7.44. The summed E-state index contributed by atoms with van der Waals surface area (Å²) in [5, 5.41) is 2.94. The number of nitrogens with one attached hydrogen (secondary N) is 1. The molecule has 0 atom stereocenters. The number of amides is 2. The van der Waals surface area contributed by atoms with Gasteiger partial charge in [0.05, 0.1) is 0 Å². The van der Waals surface area contributed by atoms with Crippen LogP contribution in [0.25, 0.3) is 0 Å². The van der Waals surface area contributed by atoms with Gasteiger partial charge in [0, 0.05) is 38.2 Å². The Morgan fingerprint density at radius 3 is 2.41 bits per heavy atom. The van der Waals surface area contributed by atoms with Crippen LogP contribution in [-0.2, 0) is 13.0 Å². The fraction of sp³-hybridized carbons (Fsp3) is 0.409. The van der Waals surface area contributed by atoms with Crippen LogP contribution in [0.3, 0.4) is 0 Å². The molecule has 1 heterocycles. The molecule has 142 valence electrons. The molecule has 1 spiro atoms. The fourth-order valence-corrected chi connectivity index (χ4v) is 3.73. The lowest BCUT2D eigenvalue weighted by Gasteiger charge is -2.21. The Morgan fingerprint density at radius 2 is 1.70 bits per heavy atom. The average Bonchev–Trinajstić information content (AvgIpc) is 3.27. The predicted molar refractivity (Wildman–Crippen MR) is 105 cm³/mol. The molecule has 0 saturated heterocycles. The Kier molecular flexibility index (Phi) is 4.68. The smallest absolute Gasteiger partial charge is 0.321 e. The number of nitrogens with zero attached hydrogens (tertiary/aromatic N) is 1. The quantitative estimate of drug-likeness (QED) is 0.832. The minimum Gasteiger partial charge on any atom is -0.448 e. The van der Waals surface area contributed by atoms with E-state index in [1.54, 1.807) is 11.9 Å². The molecule has 2 amide bonds. The fourth-order valence-electron chi connectivity index (χ4n) is 3.73. The van der Waals surface area contributed by atoms with Crippen molar-refractivity contribution < 1.29 is 14.3 Å². The van der Waals surface area contributed by atoms with Crippen LogP contribution in [0.15, 0.2) is 42.5 Å². The molecule has 4 rings (SSSR count). The number of anilines is 1. The molecule has 5 nitrogen and oxygen atoms in total. The van der Waals surface area contributed by atoms with E-state index in [1.807, 2.05) is 18.2 Å². The predicted octanol–water partition coefficient (Wildman–Crippen LogP) is 4.95. The highest BCUT2D eigenvalue weighted by atomic mass is 16.7. The van der Waals surface area contributed by atoms with E-state index in [0.717, 1.165) is 43.4 Å². The van der Waals surface area contributed by atoms with Crippen LogP contribution in [-0.4, -0.2) is 23.8 Å². The van der Waals surface area contributed by atoms with Gasteiger partial charge in [-0.15, -0.1) is 0 Å². The minimum atomic E-state index is -0.480. The highest BCUT2D eigenvalue weighted by molar-refractivity contribution is 5.89. The van der Waals surface area contributed by atoms with Crippen molar-refractivity contribution in [3.05, 3.63) is 53.6 Å². The Morgan fingerprint density at radius 1 is 1.04 bits per heavy atom. The van der Waals surface area contributed by atoms with Crippen molar-refractivity contribution in [3.8, 4) is 11.5 Å². The maximum atomic E-state index is 12.5. The third-order valence-electron chi connectivity index (χ3n) is 5.35. The summed E-state index contributed by atoms with van der Waals surface area (Å²) in [6.45, 7) is 2.69. The van der Waals surface area contributed by atoms with E-state index in [0.29, 0.717) is 18.0 Å². The normalized spacial score (nSPS) is 16.5. The largest absolute Gasteiger partial charge is 0.448 e. The van der Waals surface area contributed by atoms with Gasteiger partial charge in [0.25, 0.3) is 5.79 Å².